The second-order valence-corrected chi connectivity index (χ2v) is 11.9. The fraction of sp³-hybridized carbons (Fsp3) is 0. The van der Waals surface area contributed by atoms with Gasteiger partial charge >= 0.3 is 0 Å². The number of hydrogen-bond acceptors (Lipinski definition) is 3. The summed E-state index contributed by atoms with van der Waals surface area (Å²) in [6, 6.07) is 44.7. The Hall–Kier alpha value is -5.88. The van der Waals surface area contributed by atoms with Crippen molar-refractivity contribution in [2.45, 2.75) is 0 Å². The summed E-state index contributed by atoms with van der Waals surface area (Å²) in [4.78, 5) is 4.05. The molecule has 7 aromatic carbocycles. The molecule has 0 amide bonds. The monoisotopic (exact) mass is 596 g/mol. The van der Waals surface area contributed by atoms with Crippen LogP contribution in [0.5, 0.6) is 0 Å². The maximum atomic E-state index is 15.9. The van der Waals surface area contributed by atoms with Crippen LogP contribution in [-0.4, -0.2) is 6.71 Å². The van der Waals surface area contributed by atoms with Gasteiger partial charge in [-0.1, -0.05) is 78.9 Å². The molecule has 0 saturated carbocycles. The lowest BCUT2D eigenvalue weighted by Crippen LogP contribution is -2.61. The Morgan fingerprint density at radius 2 is 1.02 bits per heavy atom. The highest BCUT2D eigenvalue weighted by Gasteiger charge is 2.45. The molecule has 216 valence electrons. The minimum absolute atomic E-state index is 0.239. The van der Waals surface area contributed by atoms with Gasteiger partial charge in [-0.2, -0.15) is 0 Å². The Balaban J connectivity index is 1.41. The van der Waals surface area contributed by atoms with E-state index >= 15 is 8.78 Å². The van der Waals surface area contributed by atoms with Gasteiger partial charge in [0.2, 0.25) is 0 Å². The molecule has 3 heterocycles. The third-order valence-electron chi connectivity index (χ3n) is 9.55. The summed E-state index contributed by atoms with van der Waals surface area (Å²) in [5, 5.41) is 4.16. The number of furan rings is 1. The van der Waals surface area contributed by atoms with E-state index in [-0.39, 0.29) is 18.3 Å². The molecular formula is C40H23BF2N2O. The lowest BCUT2D eigenvalue weighted by Gasteiger charge is -2.44. The van der Waals surface area contributed by atoms with E-state index in [9.17, 15) is 0 Å². The average Bonchev–Trinajstić information content (AvgIpc) is 3.47. The van der Waals surface area contributed by atoms with Crippen molar-refractivity contribution in [1.29, 1.82) is 0 Å². The highest BCUT2D eigenvalue weighted by molar-refractivity contribution is 7.02. The third-order valence-corrected chi connectivity index (χ3v) is 9.55. The third kappa shape index (κ3) is 3.36. The van der Waals surface area contributed by atoms with Gasteiger partial charge < -0.3 is 14.2 Å². The lowest BCUT2D eigenvalue weighted by molar-refractivity contribution is 0.629. The number of anilines is 6. The van der Waals surface area contributed by atoms with Crippen LogP contribution in [0, 0.1) is 11.6 Å². The van der Waals surface area contributed by atoms with E-state index in [1.54, 1.807) is 12.1 Å². The SMILES string of the molecule is Fc1ccccc1N1c2cc3ccccc3cc2B2c3c1cccc3N(c1ccccc1F)c1ccc3oc4ccccc4c3c12. The maximum absolute atomic E-state index is 15.9. The Labute approximate surface area is 263 Å². The molecule has 0 radical (unpaired) electrons. The summed E-state index contributed by atoms with van der Waals surface area (Å²) < 4.78 is 38.1. The first-order valence-electron chi connectivity index (χ1n) is 15.4. The van der Waals surface area contributed by atoms with Crippen LogP contribution in [0.1, 0.15) is 0 Å². The van der Waals surface area contributed by atoms with Crippen LogP contribution in [0.2, 0.25) is 0 Å². The Morgan fingerprint density at radius 1 is 0.457 bits per heavy atom. The molecule has 8 aromatic rings. The van der Waals surface area contributed by atoms with E-state index in [1.165, 1.54) is 12.1 Å². The van der Waals surface area contributed by atoms with E-state index < -0.39 is 0 Å². The number of hydrogen-bond donors (Lipinski definition) is 0. The van der Waals surface area contributed by atoms with Gasteiger partial charge in [0, 0.05) is 33.5 Å². The van der Waals surface area contributed by atoms with Crippen molar-refractivity contribution in [2.24, 2.45) is 0 Å². The Morgan fingerprint density at radius 3 is 1.74 bits per heavy atom. The molecule has 6 heteroatoms. The van der Waals surface area contributed by atoms with Gasteiger partial charge in [-0.3, -0.25) is 0 Å². The number of rotatable bonds is 2. The summed E-state index contributed by atoms with van der Waals surface area (Å²) in [6.07, 6.45) is 0. The molecule has 0 fully saturated rings. The quantitative estimate of drug-likeness (QED) is 0.186. The largest absolute Gasteiger partial charge is 0.456 e. The maximum Gasteiger partial charge on any atom is 0.253 e. The molecule has 0 aliphatic carbocycles. The van der Waals surface area contributed by atoms with Gasteiger partial charge in [-0.25, -0.2) is 8.78 Å². The summed E-state index contributed by atoms with van der Waals surface area (Å²) in [5.74, 6) is -0.641. The smallest absolute Gasteiger partial charge is 0.253 e. The topological polar surface area (TPSA) is 19.6 Å². The summed E-state index contributed by atoms with van der Waals surface area (Å²) in [6.45, 7) is -0.239. The van der Waals surface area contributed by atoms with Gasteiger partial charge in [0.1, 0.15) is 22.8 Å². The fourth-order valence-corrected chi connectivity index (χ4v) is 7.72. The standard InChI is InChI=1S/C40H23BF2N2O/c42-28-13-4-6-15-30(28)44-32-17-9-18-33-39(32)41(40-34(44)20-21-37-38(40)26-12-3-8-19-36(26)46-37)27-22-24-10-1-2-11-25(24)23-35(27)45(33)31-16-7-5-14-29(31)43/h1-23H. The van der Waals surface area contributed by atoms with Crippen molar-refractivity contribution in [3.05, 3.63) is 151 Å². The fourth-order valence-electron chi connectivity index (χ4n) is 7.72. The van der Waals surface area contributed by atoms with Gasteiger partial charge in [0.05, 0.1) is 11.4 Å². The van der Waals surface area contributed by atoms with E-state index in [4.69, 9.17) is 4.42 Å². The zero-order valence-corrected chi connectivity index (χ0v) is 24.4. The lowest BCUT2D eigenvalue weighted by atomic mass is 9.33. The number of nitrogens with zero attached hydrogens (tertiary/aromatic N) is 2. The zero-order valence-electron chi connectivity index (χ0n) is 24.4. The zero-order chi connectivity index (χ0) is 30.5. The summed E-state index contributed by atoms with van der Waals surface area (Å²) >= 11 is 0. The molecule has 0 bridgehead atoms. The minimum atomic E-state index is -0.324. The van der Waals surface area contributed by atoms with Gasteiger partial charge in [0.15, 0.2) is 0 Å². The van der Waals surface area contributed by atoms with Crippen LogP contribution in [0.25, 0.3) is 32.7 Å². The molecule has 10 rings (SSSR count). The first-order chi connectivity index (χ1) is 22.7. The van der Waals surface area contributed by atoms with Crippen LogP contribution < -0.4 is 26.2 Å². The van der Waals surface area contributed by atoms with Crippen molar-refractivity contribution >= 4 is 89.9 Å². The molecule has 0 N–H and O–H groups in total. The van der Waals surface area contributed by atoms with Crippen molar-refractivity contribution in [3.8, 4) is 0 Å². The Bertz CT molecular complexity index is 2560. The highest BCUT2D eigenvalue weighted by Crippen LogP contribution is 2.46. The summed E-state index contributed by atoms with van der Waals surface area (Å²) in [5.41, 5.74) is 9.06. The van der Waals surface area contributed by atoms with Crippen LogP contribution in [0.4, 0.5) is 42.9 Å². The first-order valence-corrected chi connectivity index (χ1v) is 15.4. The first kappa shape index (κ1) is 25.5. The van der Waals surface area contributed by atoms with Gasteiger partial charge in [0.25, 0.3) is 6.71 Å². The second-order valence-electron chi connectivity index (χ2n) is 11.9. The van der Waals surface area contributed by atoms with Crippen LogP contribution >= 0.6 is 0 Å². The predicted molar refractivity (Wildman–Crippen MR) is 185 cm³/mol. The number of benzene rings is 7. The molecule has 46 heavy (non-hydrogen) atoms. The predicted octanol–water partition coefficient (Wildman–Crippen LogP) is 9.10. The highest BCUT2D eigenvalue weighted by atomic mass is 19.1. The van der Waals surface area contributed by atoms with E-state index in [0.717, 1.165) is 71.8 Å². The van der Waals surface area contributed by atoms with Crippen molar-refractivity contribution < 1.29 is 13.2 Å². The molecule has 1 aromatic heterocycles. The number of fused-ring (bicyclic) bond motifs is 9. The summed E-state index contributed by atoms with van der Waals surface area (Å²) in [7, 11) is 0. The van der Waals surface area contributed by atoms with Crippen LogP contribution in [0.3, 0.4) is 0 Å². The molecule has 2 aliphatic rings. The Kier molecular flexibility index (Phi) is 5.16. The van der Waals surface area contributed by atoms with E-state index in [0.29, 0.717) is 11.4 Å². The normalized spacial score (nSPS) is 13.3. The molecule has 3 nitrogen and oxygen atoms in total. The van der Waals surface area contributed by atoms with Crippen LogP contribution in [-0.2, 0) is 0 Å². The molecule has 0 saturated heterocycles. The van der Waals surface area contributed by atoms with Gasteiger partial charge in [-0.05, 0) is 87.8 Å². The molecule has 0 unspecified atom stereocenters. The van der Waals surface area contributed by atoms with E-state index in [1.807, 2.05) is 88.7 Å². The molecule has 0 atom stereocenters. The minimum Gasteiger partial charge on any atom is -0.456 e. The van der Waals surface area contributed by atoms with Crippen LogP contribution in [0.15, 0.2) is 144 Å². The van der Waals surface area contributed by atoms with Crippen molar-refractivity contribution in [1.82, 2.24) is 0 Å². The molecule has 0 spiro atoms. The average molecular weight is 596 g/mol. The van der Waals surface area contributed by atoms with Crippen molar-refractivity contribution in [2.75, 3.05) is 9.80 Å². The number of halogens is 2. The van der Waals surface area contributed by atoms with Crippen molar-refractivity contribution in [3.63, 3.8) is 0 Å². The van der Waals surface area contributed by atoms with E-state index in [2.05, 4.69) is 36.4 Å². The van der Waals surface area contributed by atoms with Gasteiger partial charge in [-0.15, -0.1) is 0 Å². The number of para-hydroxylation sites is 3. The molecular weight excluding hydrogens is 573 g/mol. The molecule has 2 aliphatic heterocycles. The second kappa shape index (κ2) is 9.32.